The molecule has 0 aliphatic rings. The first-order valence-electron chi connectivity index (χ1n) is 21.3. The van der Waals surface area contributed by atoms with E-state index in [1.54, 1.807) is 104 Å². The number of ether oxygens (including phenoxy) is 4. The van der Waals surface area contributed by atoms with Gasteiger partial charge in [-0.25, -0.2) is 25.3 Å². The van der Waals surface area contributed by atoms with Crippen molar-refractivity contribution in [2.75, 3.05) is 14.2 Å². The lowest BCUT2D eigenvalue weighted by Gasteiger charge is -2.26. The first kappa shape index (κ1) is 53.8. The molecule has 70 heavy (non-hydrogen) atoms. The van der Waals surface area contributed by atoms with E-state index in [2.05, 4.69) is 57.2 Å². The first-order valence-corrected chi connectivity index (χ1v) is 25.8. The van der Waals surface area contributed by atoms with E-state index in [0.29, 0.717) is 34.5 Å². The molecule has 0 aromatic heterocycles. The molecule has 0 saturated heterocycles. The fraction of sp³-hybridized carbons (Fsp3) is 0.158. The van der Waals surface area contributed by atoms with Crippen molar-refractivity contribution in [2.24, 2.45) is 0 Å². The highest BCUT2D eigenvalue weighted by molar-refractivity contribution is 7.92. The van der Waals surface area contributed by atoms with E-state index in [0.717, 1.165) is 5.56 Å². The van der Waals surface area contributed by atoms with Crippen LogP contribution in [0.2, 0.25) is 0 Å². The number of aryl methyl sites for hydroxylation is 2. The molecule has 0 unspecified atom stereocenters. The molecule has 10 nitrogen and oxygen atoms in total. The van der Waals surface area contributed by atoms with Crippen LogP contribution < -0.4 is 18.9 Å². The highest BCUT2D eigenvalue weighted by Crippen LogP contribution is 2.34. The van der Waals surface area contributed by atoms with Crippen LogP contribution in [-0.2, 0) is 34.9 Å². The molecule has 0 aliphatic carbocycles. The van der Waals surface area contributed by atoms with E-state index in [1.165, 1.54) is 72.3 Å². The average molecular weight is 999 g/mol. The maximum Gasteiger partial charge on any atom is 0.206 e. The third-order valence-electron chi connectivity index (χ3n) is 11.3. The molecule has 0 aliphatic heterocycles. The molecule has 0 fully saturated rings. The number of benzene rings is 8. The Labute approximate surface area is 413 Å². The normalized spacial score (nSPS) is 11.4. The SMILES string of the molecule is C.C.COc1ccc(S(=O)(=O)c2ccc(Oc3ccc(C(C)(C)c4ccc(C)cc4)cc3)cc2)cc1.COc1ccc(S(=O)(=O)c2ccc(Oc3ccc(S(=O)(=O)c4ccc(C)cc4)cc3)cc2)cc1. The molecule has 0 heterocycles. The van der Waals surface area contributed by atoms with Gasteiger partial charge in [0.2, 0.25) is 29.5 Å². The van der Waals surface area contributed by atoms with Crippen LogP contribution in [0.4, 0.5) is 0 Å². The average Bonchev–Trinajstić information content (AvgIpc) is 3.35. The second-order valence-electron chi connectivity index (χ2n) is 16.3. The van der Waals surface area contributed by atoms with Crippen molar-refractivity contribution in [1.82, 2.24) is 0 Å². The van der Waals surface area contributed by atoms with Crippen LogP contribution in [0, 0.1) is 13.8 Å². The first-order chi connectivity index (χ1) is 32.4. The largest absolute Gasteiger partial charge is 0.497 e. The molecule has 13 heteroatoms. The van der Waals surface area contributed by atoms with Crippen LogP contribution >= 0.6 is 0 Å². The van der Waals surface area contributed by atoms with E-state index < -0.39 is 29.5 Å². The Morgan fingerprint density at radius 2 is 0.486 bits per heavy atom. The number of methoxy groups -OCH3 is 2. The van der Waals surface area contributed by atoms with Gasteiger partial charge in [0, 0.05) is 5.41 Å². The molecule has 0 amide bonds. The zero-order valence-corrected chi connectivity index (χ0v) is 40.7. The highest BCUT2D eigenvalue weighted by Gasteiger charge is 2.24. The molecular formula is C57H58O10S3. The summed E-state index contributed by atoms with van der Waals surface area (Å²) in [6.45, 7) is 8.39. The number of rotatable bonds is 14. The fourth-order valence-corrected chi connectivity index (χ4v) is 10.8. The Balaban J connectivity index is 0.000000254. The van der Waals surface area contributed by atoms with Crippen molar-refractivity contribution in [3.63, 3.8) is 0 Å². The van der Waals surface area contributed by atoms with Gasteiger partial charge in [0.05, 0.1) is 43.6 Å². The standard InChI is InChI=1S/C29H28O4S.C26H22O6S2.2CH4/c1-21-5-7-22(8-6-21)29(2,3)23-9-11-25(12-10-23)33-26-15-19-28(20-16-26)34(30,31)27-17-13-24(32-4)14-18-27;1-19-3-11-23(12-4-19)33(27,28)25-15-7-21(8-16-25)32-22-9-17-26(18-10-22)34(29,30)24-13-5-20(31-2)6-14-24;;/h5-20H,1-4H3;3-18H,1-2H3;2*1H4. The van der Waals surface area contributed by atoms with Crippen molar-refractivity contribution in [3.05, 3.63) is 216 Å². The monoisotopic (exact) mass is 998 g/mol. The summed E-state index contributed by atoms with van der Waals surface area (Å²) in [5.41, 5.74) is 4.52. The summed E-state index contributed by atoms with van der Waals surface area (Å²) in [5, 5.41) is 0. The molecule has 8 aromatic carbocycles. The van der Waals surface area contributed by atoms with Gasteiger partial charge in [0.15, 0.2) is 0 Å². The Bertz CT molecular complexity index is 3300. The molecule has 0 atom stereocenters. The van der Waals surface area contributed by atoms with E-state index >= 15 is 0 Å². The Hall–Kier alpha value is -7.19. The van der Waals surface area contributed by atoms with Crippen molar-refractivity contribution < 1.29 is 44.2 Å². The van der Waals surface area contributed by atoms with Gasteiger partial charge >= 0.3 is 0 Å². The van der Waals surface area contributed by atoms with Crippen LogP contribution in [0.15, 0.2) is 223 Å². The summed E-state index contributed by atoms with van der Waals surface area (Å²) < 4.78 is 98.9. The molecule has 0 radical (unpaired) electrons. The molecule has 364 valence electrons. The summed E-state index contributed by atoms with van der Waals surface area (Å²) in [4.78, 5) is 1.09. The summed E-state index contributed by atoms with van der Waals surface area (Å²) in [7, 11) is -7.87. The number of hydrogen-bond donors (Lipinski definition) is 0. The van der Waals surface area contributed by atoms with Gasteiger partial charge in [-0.15, -0.1) is 0 Å². The van der Waals surface area contributed by atoms with Gasteiger partial charge in [0.25, 0.3) is 0 Å². The maximum atomic E-state index is 12.9. The molecule has 8 aromatic rings. The third kappa shape index (κ3) is 12.3. The minimum atomic E-state index is -3.68. The Morgan fingerprint density at radius 3 is 0.729 bits per heavy atom. The Kier molecular flexibility index (Phi) is 17.3. The van der Waals surface area contributed by atoms with Crippen LogP contribution in [-0.4, -0.2) is 39.5 Å². The second-order valence-corrected chi connectivity index (χ2v) is 22.2. The summed E-state index contributed by atoms with van der Waals surface area (Å²) in [6.07, 6.45) is 0. The van der Waals surface area contributed by atoms with Crippen LogP contribution in [0.3, 0.4) is 0 Å². The molecule has 0 bridgehead atoms. The zero-order chi connectivity index (χ0) is 48.7. The van der Waals surface area contributed by atoms with Gasteiger partial charge in [0.1, 0.15) is 34.5 Å². The van der Waals surface area contributed by atoms with Crippen LogP contribution in [0.1, 0.15) is 51.0 Å². The van der Waals surface area contributed by atoms with E-state index in [1.807, 2.05) is 19.1 Å². The molecule has 0 spiro atoms. The quantitative estimate of drug-likeness (QED) is 0.103. The predicted octanol–water partition coefficient (Wildman–Crippen LogP) is 13.7. The summed E-state index contributed by atoms with van der Waals surface area (Å²) in [6, 6.07) is 54.3. The summed E-state index contributed by atoms with van der Waals surface area (Å²) in [5.74, 6) is 3.28. The van der Waals surface area contributed by atoms with Crippen molar-refractivity contribution >= 4 is 29.5 Å². The lowest BCUT2D eigenvalue weighted by Crippen LogP contribution is -2.18. The van der Waals surface area contributed by atoms with Gasteiger partial charge in [-0.05, 0) is 171 Å². The third-order valence-corrected chi connectivity index (χ3v) is 16.7. The number of hydrogen-bond acceptors (Lipinski definition) is 10. The van der Waals surface area contributed by atoms with E-state index in [-0.39, 0.29) is 49.6 Å². The smallest absolute Gasteiger partial charge is 0.206 e. The van der Waals surface area contributed by atoms with Gasteiger partial charge in [-0.1, -0.05) is 88.4 Å². The van der Waals surface area contributed by atoms with Gasteiger partial charge in [-0.3, -0.25) is 0 Å². The zero-order valence-electron chi connectivity index (χ0n) is 38.3. The summed E-state index contributed by atoms with van der Waals surface area (Å²) >= 11 is 0. The highest BCUT2D eigenvalue weighted by atomic mass is 32.2. The molecule has 0 N–H and O–H groups in total. The lowest BCUT2D eigenvalue weighted by molar-refractivity contribution is 0.414. The van der Waals surface area contributed by atoms with Gasteiger partial charge in [-0.2, -0.15) is 0 Å². The topological polar surface area (TPSA) is 139 Å². The Morgan fingerprint density at radius 1 is 0.300 bits per heavy atom. The maximum absolute atomic E-state index is 12.9. The predicted molar refractivity (Wildman–Crippen MR) is 276 cm³/mol. The van der Waals surface area contributed by atoms with Crippen molar-refractivity contribution in [1.29, 1.82) is 0 Å². The van der Waals surface area contributed by atoms with E-state index in [9.17, 15) is 25.3 Å². The second kappa shape index (κ2) is 22.5. The molecule has 8 rings (SSSR count). The van der Waals surface area contributed by atoms with Crippen LogP contribution in [0.5, 0.6) is 34.5 Å². The molecule has 0 saturated carbocycles. The number of sulfone groups is 3. The fourth-order valence-electron chi connectivity index (χ4n) is 7.04. The molecular weight excluding hydrogens is 941 g/mol. The van der Waals surface area contributed by atoms with Crippen molar-refractivity contribution in [2.45, 2.75) is 77.3 Å². The van der Waals surface area contributed by atoms with Gasteiger partial charge < -0.3 is 18.9 Å². The minimum absolute atomic E-state index is 0. The minimum Gasteiger partial charge on any atom is -0.497 e. The van der Waals surface area contributed by atoms with Crippen molar-refractivity contribution in [3.8, 4) is 34.5 Å². The van der Waals surface area contributed by atoms with Crippen LogP contribution in [0.25, 0.3) is 0 Å². The van der Waals surface area contributed by atoms with E-state index in [4.69, 9.17) is 18.9 Å². The lowest BCUT2D eigenvalue weighted by atomic mass is 9.78.